The molecule has 0 saturated heterocycles. The predicted octanol–water partition coefficient (Wildman–Crippen LogP) is 2.53. The first-order valence-corrected chi connectivity index (χ1v) is 5.94. The summed E-state index contributed by atoms with van der Waals surface area (Å²) in [5.41, 5.74) is 0.287. The highest BCUT2D eigenvalue weighted by atomic mass is 32.1. The Hall–Kier alpha value is -1.34. The lowest BCUT2D eigenvalue weighted by molar-refractivity contribution is -0.126. The smallest absolute Gasteiger partial charge is 0.240 e. The molecule has 0 atom stereocenters. The minimum absolute atomic E-state index is 0.223. The van der Waals surface area contributed by atoms with Crippen molar-refractivity contribution in [2.75, 3.05) is 0 Å². The van der Waals surface area contributed by atoms with Crippen molar-refractivity contribution in [3.63, 3.8) is 0 Å². The van der Waals surface area contributed by atoms with Crippen LogP contribution in [0.5, 0.6) is 0 Å². The Balaban J connectivity index is 2.60. The molecule has 4 heteroatoms. The summed E-state index contributed by atoms with van der Waals surface area (Å²) in [5, 5.41) is 11.6. The number of aryl methyl sites for hydroxylation is 2. The molecule has 0 aliphatic carbocycles. The Kier molecular flexibility index (Phi) is 3.71. The molecule has 1 heterocycles. The van der Waals surface area contributed by atoms with Gasteiger partial charge >= 0.3 is 0 Å². The van der Waals surface area contributed by atoms with Crippen LogP contribution in [0.15, 0.2) is 6.07 Å². The second kappa shape index (κ2) is 4.67. The molecule has 0 aromatic carbocycles. The van der Waals surface area contributed by atoms with E-state index >= 15 is 0 Å². The fraction of sp³-hybridized carbons (Fsp3) is 0.500. The van der Waals surface area contributed by atoms with Gasteiger partial charge in [0.1, 0.15) is 5.41 Å². The molecule has 86 valence electrons. The minimum atomic E-state index is -0.957. The molecule has 0 spiro atoms. The fourth-order valence-electron chi connectivity index (χ4n) is 1.18. The molecule has 0 bridgehead atoms. The van der Waals surface area contributed by atoms with Crippen LogP contribution in [-0.2, 0) is 11.3 Å². The van der Waals surface area contributed by atoms with Crippen LogP contribution >= 0.6 is 11.3 Å². The summed E-state index contributed by atoms with van der Waals surface area (Å²) in [6.45, 7) is 7.85. The second-order valence-electron chi connectivity index (χ2n) is 4.37. The number of thiophene rings is 1. The van der Waals surface area contributed by atoms with Crippen molar-refractivity contribution in [1.82, 2.24) is 5.32 Å². The van der Waals surface area contributed by atoms with Gasteiger partial charge in [0.25, 0.3) is 0 Å². The molecule has 0 aliphatic heterocycles. The monoisotopic (exact) mass is 236 g/mol. The van der Waals surface area contributed by atoms with Gasteiger partial charge in [-0.05, 0) is 39.3 Å². The van der Waals surface area contributed by atoms with E-state index in [1.807, 2.05) is 6.07 Å². The maximum atomic E-state index is 11.6. The zero-order chi connectivity index (χ0) is 12.3. The van der Waals surface area contributed by atoms with Crippen molar-refractivity contribution < 1.29 is 4.79 Å². The van der Waals surface area contributed by atoms with Gasteiger partial charge in [0.15, 0.2) is 0 Å². The Morgan fingerprint density at radius 3 is 2.62 bits per heavy atom. The van der Waals surface area contributed by atoms with E-state index in [0.29, 0.717) is 6.54 Å². The minimum Gasteiger partial charge on any atom is -0.350 e. The maximum Gasteiger partial charge on any atom is 0.240 e. The van der Waals surface area contributed by atoms with Gasteiger partial charge in [0, 0.05) is 9.75 Å². The first-order valence-electron chi connectivity index (χ1n) is 5.12. The highest BCUT2D eigenvalue weighted by molar-refractivity contribution is 7.12. The third-order valence-corrected chi connectivity index (χ3v) is 3.64. The van der Waals surface area contributed by atoms with Crippen LogP contribution in [0.3, 0.4) is 0 Å². The van der Waals surface area contributed by atoms with Crippen LogP contribution in [0.25, 0.3) is 0 Å². The van der Waals surface area contributed by atoms with Crippen molar-refractivity contribution in [2.24, 2.45) is 5.41 Å². The molecule has 1 aromatic heterocycles. The van der Waals surface area contributed by atoms with Crippen molar-refractivity contribution in [1.29, 1.82) is 5.26 Å². The predicted molar refractivity (Wildman–Crippen MR) is 65.0 cm³/mol. The lowest BCUT2D eigenvalue weighted by Gasteiger charge is -2.14. The van der Waals surface area contributed by atoms with E-state index in [4.69, 9.17) is 5.26 Å². The molecule has 0 aliphatic rings. The quantitative estimate of drug-likeness (QED) is 0.876. The van der Waals surface area contributed by atoms with Crippen LogP contribution in [0, 0.1) is 30.6 Å². The van der Waals surface area contributed by atoms with E-state index < -0.39 is 5.41 Å². The molecule has 1 amide bonds. The third-order valence-electron chi connectivity index (χ3n) is 2.49. The Morgan fingerprint density at radius 2 is 2.19 bits per heavy atom. The zero-order valence-electron chi connectivity index (χ0n) is 10.0. The van der Waals surface area contributed by atoms with Crippen molar-refractivity contribution >= 4 is 17.2 Å². The lowest BCUT2D eigenvalue weighted by atomic mass is 9.95. The third kappa shape index (κ3) is 2.83. The topological polar surface area (TPSA) is 52.9 Å². The number of nitriles is 1. The summed E-state index contributed by atoms with van der Waals surface area (Å²) in [7, 11) is 0. The van der Waals surface area contributed by atoms with Crippen LogP contribution in [0.1, 0.15) is 29.2 Å². The summed E-state index contributed by atoms with van der Waals surface area (Å²) in [5.74, 6) is -0.223. The van der Waals surface area contributed by atoms with Crippen molar-refractivity contribution in [3.8, 4) is 6.07 Å². The Morgan fingerprint density at radius 1 is 1.56 bits per heavy atom. The van der Waals surface area contributed by atoms with Crippen LogP contribution in [0.4, 0.5) is 0 Å². The number of hydrogen-bond donors (Lipinski definition) is 1. The maximum absolute atomic E-state index is 11.6. The number of carbonyl (C=O) groups excluding carboxylic acids is 1. The molecular weight excluding hydrogens is 220 g/mol. The highest BCUT2D eigenvalue weighted by Crippen LogP contribution is 2.21. The molecule has 16 heavy (non-hydrogen) atoms. The standard InChI is InChI=1S/C12H16N2OS/c1-8-5-10(16-9(8)2)6-14-11(15)12(3,4)7-13/h5H,6H2,1-4H3,(H,14,15). The number of nitrogens with one attached hydrogen (secondary N) is 1. The van der Waals surface area contributed by atoms with Crippen LogP contribution in [-0.4, -0.2) is 5.91 Å². The zero-order valence-corrected chi connectivity index (χ0v) is 10.9. The molecule has 1 N–H and O–H groups in total. The van der Waals surface area contributed by atoms with Crippen molar-refractivity contribution in [3.05, 3.63) is 21.4 Å². The van der Waals surface area contributed by atoms with Crippen molar-refractivity contribution in [2.45, 2.75) is 34.2 Å². The van der Waals surface area contributed by atoms with Gasteiger partial charge in [-0.25, -0.2) is 0 Å². The van der Waals surface area contributed by atoms with E-state index in [2.05, 4.69) is 25.2 Å². The first-order chi connectivity index (χ1) is 7.36. The molecule has 1 aromatic rings. The normalized spacial score (nSPS) is 10.9. The average molecular weight is 236 g/mol. The van der Waals surface area contributed by atoms with Gasteiger partial charge in [-0.1, -0.05) is 0 Å². The highest BCUT2D eigenvalue weighted by Gasteiger charge is 2.26. The fourth-order valence-corrected chi connectivity index (χ4v) is 2.17. The van der Waals surface area contributed by atoms with Crippen LogP contribution in [0.2, 0.25) is 0 Å². The van der Waals surface area contributed by atoms with Gasteiger partial charge < -0.3 is 5.32 Å². The SMILES string of the molecule is Cc1cc(CNC(=O)C(C)(C)C#N)sc1C. The van der Waals surface area contributed by atoms with Gasteiger partial charge in [0.05, 0.1) is 12.6 Å². The summed E-state index contributed by atoms with van der Waals surface area (Å²) in [6, 6.07) is 4.05. The summed E-state index contributed by atoms with van der Waals surface area (Å²) < 4.78 is 0. The number of rotatable bonds is 3. The molecular formula is C12H16N2OS. The molecule has 3 nitrogen and oxygen atoms in total. The molecule has 1 rings (SSSR count). The number of nitrogens with zero attached hydrogens (tertiary/aromatic N) is 1. The molecule has 0 radical (unpaired) electrons. The Bertz CT molecular complexity index is 421. The molecule has 0 saturated carbocycles. The molecule has 0 unspecified atom stereocenters. The molecule has 0 fully saturated rings. The largest absolute Gasteiger partial charge is 0.350 e. The van der Waals surface area contributed by atoms with E-state index in [-0.39, 0.29) is 5.91 Å². The Labute approximate surface area is 100 Å². The van der Waals surface area contributed by atoms with Crippen LogP contribution < -0.4 is 5.32 Å². The first kappa shape index (κ1) is 12.7. The summed E-state index contributed by atoms with van der Waals surface area (Å²) in [6.07, 6.45) is 0. The number of amides is 1. The summed E-state index contributed by atoms with van der Waals surface area (Å²) in [4.78, 5) is 14.0. The van der Waals surface area contributed by atoms with E-state index in [1.54, 1.807) is 25.2 Å². The van der Waals surface area contributed by atoms with Gasteiger partial charge in [-0.15, -0.1) is 11.3 Å². The van der Waals surface area contributed by atoms with E-state index in [0.717, 1.165) is 4.88 Å². The summed E-state index contributed by atoms with van der Waals surface area (Å²) >= 11 is 1.68. The second-order valence-corrected chi connectivity index (χ2v) is 5.71. The van der Waals surface area contributed by atoms with Gasteiger partial charge in [-0.3, -0.25) is 4.79 Å². The lowest BCUT2D eigenvalue weighted by Crippen LogP contribution is -2.35. The average Bonchev–Trinajstić information content (AvgIpc) is 2.55. The van der Waals surface area contributed by atoms with E-state index in [1.165, 1.54) is 10.4 Å². The number of hydrogen-bond acceptors (Lipinski definition) is 3. The van der Waals surface area contributed by atoms with E-state index in [9.17, 15) is 4.79 Å². The van der Waals surface area contributed by atoms with Gasteiger partial charge in [0.2, 0.25) is 5.91 Å². The van der Waals surface area contributed by atoms with Gasteiger partial charge in [-0.2, -0.15) is 5.26 Å². The number of carbonyl (C=O) groups is 1.